The van der Waals surface area contributed by atoms with Crippen molar-refractivity contribution in [2.24, 2.45) is 0 Å². The zero-order chi connectivity index (χ0) is 14.8. The fraction of sp³-hybridized carbons (Fsp3) is 0.714. The van der Waals surface area contributed by atoms with Gasteiger partial charge in [-0.2, -0.15) is 0 Å². The Hall–Kier alpha value is -0.850. The highest BCUT2D eigenvalue weighted by molar-refractivity contribution is 7.89. The average Bonchev–Trinajstić information content (AvgIpc) is 3.05. The lowest BCUT2D eigenvalue weighted by atomic mass is 10.3. The van der Waals surface area contributed by atoms with Crippen LogP contribution in [0, 0.1) is 0 Å². The van der Waals surface area contributed by atoms with Crippen LogP contribution in [-0.4, -0.2) is 25.1 Å². The highest BCUT2D eigenvalue weighted by Gasteiger charge is 2.29. The Morgan fingerprint density at radius 2 is 2.10 bits per heavy atom. The fourth-order valence-electron chi connectivity index (χ4n) is 2.07. The number of aryl methyl sites for hydroxylation is 1. The van der Waals surface area contributed by atoms with Gasteiger partial charge in [-0.1, -0.05) is 20.8 Å². The molecule has 1 aromatic rings. The molecule has 1 aliphatic carbocycles. The predicted molar refractivity (Wildman–Crippen MR) is 80.0 cm³/mol. The Kier molecular flexibility index (Phi) is 4.88. The second kappa shape index (κ2) is 6.28. The third-order valence-electron chi connectivity index (χ3n) is 3.33. The molecule has 1 fully saturated rings. The molecule has 0 aliphatic heterocycles. The number of aromatic nitrogens is 1. The van der Waals surface area contributed by atoms with Gasteiger partial charge >= 0.3 is 0 Å². The molecule has 2 N–H and O–H groups in total. The molecule has 5 nitrogen and oxygen atoms in total. The number of hydrogen-bond acceptors (Lipinski definition) is 3. The van der Waals surface area contributed by atoms with E-state index in [2.05, 4.69) is 30.8 Å². The molecule has 6 heteroatoms. The first-order valence-corrected chi connectivity index (χ1v) is 8.85. The smallest absolute Gasteiger partial charge is 0.242 e. The van der Waals surface area contributed by atoms with Crippen LogP contribution in [0.15, 0.2) is 17.2 Å². The van der Waals surface area contributed by atoms with Crippen molar-refractivity contribution in [3.63, 3.8) is 0 Å². The van der Waals surface area contributed by atoms with Crippen LogP contribution >= 0.6 is 0 Å². The van der Waals surface area contributed by atoms with Gasteiger partial charge in [-0.15, -0.1) is 0 Å². The molecule has 2 rings (SSSR count). The van der Waals surface area contributed by atoms with E-state index < -0.39 is 10.0 Å². The van der Waals surface area contributed by atoms with E-state index in [9.17, 15) is 8.42 Å². The van der Waals surface area contributed by atoms with E-state index >= 15 is 0 Å². The quantitative estimate of drug-likeness (QED) is 0.770. The van der Waals surface area contributed by atoms with Crippen LogP contribution in [0.1, 0.15) is 45.7 Å². The number of hydrogen-bond donors (Lipinski definition) is 2. The van der Waals surface area contributed by atoms with Crippen molar-refractivity contribution < 1.29 is 8.42 Å². The molecule has 0 saturated heterocycles. The Bertz CT molecular complexity index is 545. The lowest BCUT2D eigenvalue weighted by Crippen LogP contribution is -2.25. The predicted octanol–water partition coefficient (Wildman–Crippen LogP) is 1.84. The van der Waals surface area contributed by atoms with Crippen molar-refractivity contribution >= 4 is 10.0 Å². The summed E-state index contributed by atoms with van der Waals surface area (Å²) in [5.41, 5.74) is 1.02. The van der Waals surface area contributed by atoms with Gasteiger partial charge in [0, 0.05) is 37.1 Å². The summed E-state index contributed by atoms with van der Waals surface area (Å²) in [5, 5.41) is 3.34. The Balaban J connectivity index is 2.18. The largest absolute Gasteiger partial charge is 0.349 e. The molecular weight excluding hydrogens is 274 g/mol. The fourth-order valence-corrected chi connectivity index (χ4v) is 3.43. The molecular formula is C14H25N3O2S. The molecule has 0 radical (unpaired) electrons. The van der Waals surface area contributed by atoms with E-state index in [1.165, 1.54) is 0 Å². The average molecular weight is 299 g/mol. The SMILES string of the molecule is CCCn1cc(S(=O)(=O)NC2CC2)cc1CNC(C)C. The minimum absolute atomic E-state index is 0.145. The van der Waals surface area contributed by atoms with Crippen molar-refractivity contribution in [2.75, 3.05) is 0 Å². The molecule has 0 bridgehead atoms. The van der Waals surface area contributed by atoms with Crippen LogP contribution in [0.3, 0.4) is 0 Å². The summed E-state index contributed by atoms with van der Waals surface area (Å²) in [7, 11) is -3.35. The second-order valence-electron chi connectivity index (χ2n) is 5.79. The van der Waals surface area contributed by atoms with Gasteiger partial charge in [0.2, 0.25) is 10.0 Å². The topological polar surface area (TPSA) is 63.1 Å². The van der Waals surface area contributed by atoms with E-state index in [4.69, 9.17) is 0 Å². The standard InChI is InChI=1S/C14H25N3O2S/c1-4-7-17-10-14(8-13(17)9-15-11(2)3)20(18,19)16-12-5-6-12/h8,10-12,15-16H,4-7,9H2,1-3H3. The summed E-state index contributed by atoms with van der Waals surface area (Å²) in [4.78, 5) is 0.387. The summed E-state index contributed by atoms with van der Waals surface area (Å²) in [6.45, 7) is 7.79. The van der Waals surface area contributed by atoms with Gasteiger partial charge < -0.3 is 9.88 Å². The van der Waals surface area contributed by atoms with Crippen molar-refractivity contribution in [3.8, 4) is 0 Å². The summed E-state index contributed by atoms with van der Waals surface area (Å²) >= 11 is 0. The Morgan fingerprint density at radius 1 is 1.40 bits per heavy atom. The van der Waals surface area contributed by atoms with Crippen molar-refractivity contribution in [2.45, 2.75) is 70.1 Å². The van der Waals surface area contributed by atoms with Crippen LogP contribution in [0.4, 0.5) is 0 Å². The molecule has 1 heterocycles. The van der Waals surface area contributed by atoms with Gasteiger partial charge in [-0.25, -0.2) is 13.1 Å². The normalized spacial score (nSPS) is 16.0. The van der Waals surface area contributed by atoms with Gasteiger partial charge in [0.05, 0.1) is 4.90 Å². The molecule has 0 atom stereocenters. The lowest BCUT2D eigenvalue weighted by Gasteiger charge is -2.10. The lowest BCUT2D eigenvalue weighted by molar-refractivity contribution is 0.551. The summed E-state index contributed by atoms with van der Waals surface area (Å²) in [6.07, 6.45) is 4.65. The molecule has 0 unspecified atom stereocenters. The number of sulfonamides is 1. The van der Waals surface area contributed by atoms with E-state index in [-0.39, 0.29) is 6.04 Å². The maximum absolute atomic E-state index is 12.2. The molecule has 20 heavy (non-hydrogen) atoms. The summed E-state index contributed by atoms with van der Waals surface area (Å²) in [6, 6.07) is 2.31. The van der Waals surface area contributed by atoms with Crippen LogP contribution in [-0.2, 0) is 23.1 Å². The molecule has 0 amide bonds. The molecule has 1 aromatic heterocycles. The Morgan fingerprint density at radius 3 is 2.65 bits per heavy atom. The first-order chi connectivity index (χ1) is 9.42. The van der Waals surface area contributed by atoms with Crippen LogP contribution in [0.2, 0.25) is 0 Å². The molecule has 1 saturated carbocycles. The maximum atomic E-state index is 12.2. The summed E-state index contributed by atoms with van der Waals surface area (Å²) in [5.74, 6) is 0. The minimum atomic E-state index is -3.35. The minimum Gasteiger partial charge on any atom is -0.349 e. The number of nitrogens with one attached hydrogen (secondary N) is 2. The highest BCUT2D eigenvalue weighted by atomic mass is 32.2. The van der Waals surface area contributed by atoms with Crippen molar-refractivity contribution in [1.29, 1.82) is 0 Å². The van der Waals surface area contributed by atoms with Crippen molar-refractivity contribution in [1.82, 2.24) is 14.6 Å². The summed E-state index contributed by atoms with van der Waals surface area (Å²) < 4.78 is 29.3. The highest BCUT2D eigenvalue weighted by Crippen LogP contribution is 2.23. The van der Waals surface area contributed by atoms with E-state index in [1.54, 1.807) is 12.3 Å². The van der Waals surface area contributed by atoms with Gasteiger partial charge in [-0.3, -0.25) is 0 Å². The van der Waals surface area contributed by atoms with Gasteiger partial charge in [0.25, 0.3) is 0 Å². The van der Waals surface area contributed by atoms with Gasteiger partial charge in [0.15, 0.2) is 0 Å². The maximum Gasteiger partial charge on any atom is 0.242 e. The number of rotatable bonds is 8. The Labute approximate surface area is 121 Å². The van der Waals surface area contributed by atoms with E-state index in [1.807, 2.05) is 4.57 Å². The zero-order valence-corrected chi connectivity index (χ0v) is 13.3. The first kappa shape index (κ1) is 15.5. The van der Waals surface area contributed by atoms with Crippen LogP contribution in [0.5, 0.6) is 0 Å². The van der Waals surface area contributed by atoms with Crippen molar-refractivity contribution in [3.05, 3.63) is 18.0 Å². The molecule has 0 aromatic carbocycles. The van der Waals surface area contributed by atoms with Gasteiger partial charge in [0.1, 0.15) is 0 Å². The first-order valence-electron chi connectivity index (χ1n) is 7.37. The van der Waals surface area contributed by atoms with Crippen LogP contribution in [0.25, 0.3) is 0 Å². The zero-order valence-electron chi connectivity index (χ0n) is 12.5. The van der Waals surface area contributed by atoms with E-state index in [0.29, 0.717) is 17.5 Å². The van der Waals surface area contributed by atoms with E-state index in [0.717, 1.165) is 31.5 Å². The number of nitrogens with zero attached hydrogens (tertiary/aromatic N) is 1. The van der Waals surface area contributed by atoms with Crippen LogP contribution < -0.4 is 10.0 Å². The third kappa shape index (κ3) is 4.07. The molecule has 1 aliphatic rings. The molecule has 114 valence electrons. The third-order valence-corrected chi connectivity index (χ3v) is 4.81. The monoisotopic (exact) mass is 299 g/mol. The van der Waals surface area contributed by atoms with Gasteiger partial charge in [-0.05, 0) is 25.3 Å². The second-order valence-corrected chi connectivity index (χ2v) is 7.51. The molecule has 0 spiro atoms.